The summed E-state index contributed by atoms with van der Waals surface area (Å²) in [7, 11) is 0. The first-order valence-electron chi connectivity index (χ1n) is 11.8. The lowest BCUT2D eigenvalue weighted by molar-refractivity contribution is -0.126. The van der Waals surface area contributed by atoms with Crippen LogP contribution in [0.4, 0.5) is 11.4 Å². The van der Waals surface area contributed by atoms with Gasteiger partial charge in [0.1, 0.15) is 5.75 Å². The molecule has 0 aromatic heterocycles. The molecule has 1 aliphatic heterocycles. The molecule has 180 valence electrons. The maximum absolute atomic E-state index is 12.6. The topological polar surface area (TPSA) is 87.7 Å². The van der Waals surface area contributed by atoms with Crippen molar-refractivity contribution >= 4 is 29.1 Å². The number of benzene rings is 3. The van der Waals surface area contributed by atoms with Gasteiger partial charge in [0.05, 0.1) is 5.92 Å². The van der Waals surface area contributed by atoms with Gasteiger partial charge in [0.2, 0.25) is 11.8 Å². The highest BCUT2D eigenvalue weighted by atomic mass is 16.5. The summed E-state index contributed by atoms with van der Waals surface area (Å²) in [6, 6.07) is 24.3. The number of amides is 3. The van der Waals surface area contributed by atoms with Crippen LogP contribution in [0, 0.1) is 5.92 Å². The van der Waals surface area contributed by atoms with Crippen LogP contribution in [0.3, 0.4) is 0 Å². The van der Waals surface area contributed by atoms with E-state index in [0.717, 1.165) is 17.7 Å². The minimum Gasteiger partial charge on any atom is -0.484 e. The smallest absolute Gasteiger partial charge is 0.262 e. The molecule has 1 aliphatic rings. The molecule has 7 nitrogen and oxygen atoms in total. The van der Waals surface area contributed by atoms with E-state index in [2.05, 4.69) is 17.6 Å². The molecule has 1 saturated heterocycles. The van der Waals surface area contributed by atoms with E-state index in [1.54, 1.807) is 29.2 Å². The molecule has 0 radical (unpaired) electrons. The van der Waals surface area contributed by atoms with Crippen molar-refractivity contribution in [3.63, 3.8) is 0 Å². The van der Waals surface area contributed by atoms with E-state index in [0.29, 0.717) is 24.5 Å². The third-order valence-electron chi connectivity index (χ3n) is 5.97. The number of anilines is 2. The van der Waals surface area contributed by atoms with Crippen molar-refractivity contribution in [3.8, 4) is 5.75 Å². The zero-order chi connectivity index (χ0) is 24.6. The number of carbonyl (C=O) groups excluding carboxylic acids is 3. The average Bonchev–Trinajstić information content (AvgIpc) is 3.29. The van der Waals surface area contributed by atoms with E-state index >= 15 is 0 Å². The summed E-state index contributed by atoms with van der Waals surface area (Å²) in [5.41, 5.74) is 3.64. The first-order valence-corrected chi connectivity index (χ1v) is 11.8. The Morgan fingerprint density at radius 3 is 2.34 bits per heavy atom. The molecule has 0 aliphatic carbocycles. The minimum atomic E-state index is -0.391. The van der Waals surface area contributed by atoms with Gasteiger partial charge in [0.15, 0.2) is 6.61 Å². The van der Waals surface area contributed by atoms with Crippen LogP contribution in [-0.2, 0) is 27.3 Å². The SMILES string of the molecule is CCc1ccc(NC(=O)COc2ccc(N3CC(C(=O)NCc4ccccc4)CC3=O)cc2)cc1. The van der Waals surface area contributed by atoms with Crippen molar-refractivity contribution in [1.29, 1.82) is 0 Å². The summed E-state index contributed by atoms with van der Waals surface area (Å²) in [6.07, 6.45) is 1.12. The molecule has 1 atom stereocenters. The van der Waals surface area contributed by atoms with E-state index in [4.69, 9.17) is 4.74 Å². The normalized spacial score (nSPS) is 15.1. The second-order valence-electron chi connectivity index (χ2n) is 8.49. The van der Waals surface area contributed by atoms with Gasteiger partial charge in [-0.25, -0.2) is 0 Å². The third kappa shape index (κ3) is 6.47. The van der Waals surface area contributed by atoms with Crippen LogP contribution >= 0.6 is 0 Å². The lowest BCUT2D eigenvalue weighted by Crippen LogP contribution is -2.32. The third-order valence-corrected chi connectivity index (χ3v) is 5.97. The molecule has 4 rings (SSSR count). The first kappa shape index (κ1) is 24.0. The Kier molecular flexibility index (Phi) is 7.77. The summed E-state index contributed by atoms with van der Waals surface area (Å²) in [6.45, 7) is 2.72. The number of carbonyl (C=O) groups is 3. The maximum Gasteiger partial charge on any atom is 0.262 e. The van der Waals surface area contributed by atoms with Gasteiger partial charge in [-0.1, -0.05) is 49.4 Å². The maximum atomic E-state index is 12.6. The Balaban J connectivity index is 1.25. The zero-order valence-electron chi connectivity index (χ0n) is 19.7. The fourth-order valence-corrected chi connectivity index (χ4v) is 3.95. The lowest BCUT2D eigenvalue weighted by atomic mass is 10.1. The first-order chi connectivity index (χ1) is 17.0. The Morgan fingerprint density at radius 1 is 0.943 bits per heavy atom. The van der Waals surface area contributed by atoms with Gasteiger partial charge in [-0.2, -0.15) is 0 Å². The minimum absolute atomic E-state index is 0.0907. The second kappa shape index (κ2) is 11.3. The molecule has 0 spiro atoms. The van der Waals surface area contributed by atoms with Crippen LogP contribution in [0.2, 0.25) is 0 Å². The second-order valence-corrected chi connectivity index (χ2v) is 8.49. The van der Waals surface area contributed by atoms with E-state index < -0.39 is 5.92 Å². The van der Waals surface area contributed by atoms with Gasteiger partial charge in [-0.3, -0.25) is 14.4 Å². The summed E-state index contributed by atoms with van der Waals surface area (Å²) in [4.78, 5) is 38.9. The van der Waals surface area contributed by atoms with Gasteiger partial charge >= 0.3 is 0 Å². The highest BCUT2D eigenvalue weighted by Gasteiger charge is 2.35. The monoisotopic (exact) mass is 471 g/mol. The molecule has 1 fully saturated rings. The Labute approximate surface area is 205 Å². The molecule has 1 heterocycles. The highest BCUT2D eigenvalue weighted by molar-refractivity contribution is 6.00. The Morgan fingerprint density at radius 2 is 1.66 bits per heavy atom. The standard InChI is InChI=1S/C28H29N3O4/c1-2-20-8-10-23(11-9-20)30-26(32)19-35-25-14-12-24(13-15-25)31-18-22(16-27(31)33)28(34)29-17-21-6-4-3-5-7-21/h3-15,22H,2,16-19H2,1H3,(H,29,34)(H,30,32). The van der Waals surface area contributed by atoms with Crippen LogP contribution in [0.5, 0.6) is 5.75 Å². The summed E-state index contributed by atoms with van der Waals surface area (Å²) < 4.78 is 5.58. The van der Waals surface area contributed by atoms with Crippen molar-refractivity contribution in [2.75, 3.05) is 23.4 Å². The molecule has 1 unspecified atom stereocenters. The van der Waals surface area contributed by atoms with Crippen LogP contribution in [0.25, 0.3) is 0 Å². The van der Waals surface area contributed by atoms with Gasteiger partial charge in [-0.15, -0.1) is 0 Å². The summed E-state index contributed by atoms with van der Waals surface area (Å²) in [5.74, 6) is -0.337. The zero-order valence-corrected chi connectivity index (χ0v) is 19.7. The molecule has 2 N–H and O–H groups in total. The van der Waals surface area contributed by atoms with Crippen molar-refractivity contribution in [2.24, 2.45) is 5.92 Å². The van der Waals surface area contributed by atoms with E-state index in [9.17, 15) is 14.4 Å². The van der Waals surface area contributed by atoms with Crippen LogP contribution < -0.4 is 20.3 Å². The van der Waals surface area contributed by atoms with Crippen LogP contribution in [-0.4, -0.2) is 30.9 Å². The number of ether oxygens (including phenoxy) is 1. The summed E-state index contributed by atoms with van der Waals surface area (Å²) >= 11 is 0. The van der Waals surface area contributed by atoms with Crippen LogP contribution in [0.15, 0.2) is 78.9 Å². The molecule has 3 amide bonds. The van der Waals surface area contributed by atoms with Crippen molar-refractivity contribution < 1.29 is 19.1 Å². The molecule has 0 saturated carbocycles. The van der Waals surface area contributed by atoms with Crippen molar-refractivity contribution in [2.45, 2.75) is 26.3 Å². The van der Waals surface area contributed by atoms with E-state index in [1.165, 1.54) is 5.56 Å². The van der Waals surface area contributed by atoms with E-state index in [1.807, 2.05) is 54.6 Å². The lowest BCUT2D eigenvalue weighted by Gasteiger charge is -2.17. The fraction of sp³-hybridized carbons (Fsp3) is 0.250. The number of hydrogen-bond donors (Lipinski definition) is 2. The van der Waals surface area contributed by atoms with Crippen molar-refractivity contribution in [3.05, 3.63) is 90.0 Å². The quantitative estimate of drug-likeness (QED) is 0.495. The number of nitrogens with zero attached hydrogens (tertiary/aromatic N) is 1. The van der Waals surface area contributed by atoms with Gasteiger partial charge in [-0.05, 0) is 53.9 Å². The number of hydrogen-bond acceptors (Lipinski definition) is 4. The number of nitrogens with one attached hydrogen (secondary N) is 2. The van der Waals surface area contributed by atoms with Gasteiger partial charge in [0, 0.05) is 30.9 Å². The van der Waals surface area contributed by atoms with E-state index in [-0.39, 0.29) is 30.7 Å². The van der Waals surface area contributed by atoms with Crippen LogP contribution in [0.1, 0.15) is 24.5 Å². The number of rotatable bonds is 9. The van der Waals surface area contributed by atoms with Gasteiger partial charge in [0.25, 0.3) is 5.91 Å². The number of aryl methyl sites for hydroxylation is 1. The largest absolute Gasteiger partial charge is 0.484 e. The fourth-order valence-electron chi connectivity index (χ4n) is 3.95. The molecular weight excluding hydrogens is 442 g/mol. The van der Waals surface area contributed by atoms with Crippen molar-refractivity contribution in [1.82, 2.24) is 5.32 Å². The molecule has 0 bridgehead atoms. The molecule has 35 heavy (non-hydrogen) atoms. The molecule has 3 aromatic carbocycles. The molecule has 3 aromatic rings. The summed E-state index contributed by atoms with van der Waals surface area (Å²) in [5, 5.41) is 5.72. The Bertz CT molecular complexity index is 1160. The molecular formula is C28H29N3O4. The Hall–Kier alpha value is -4.13. The predicted molar refractivity (Wildman–Crippen MR) is 135 cm³/mol. The predicted octanol–water partition coefficient (Wildman–Crippen LogP) is 3.94. The molecule has 7 heteroatoms. The van der Waals surface area contributed by atoms with Gasteiger partial charge < -0.3 is 20.3 Å². The highest BCUT2D eigenvalue weighted by Crippen LogP contribution is 2.27. The average molecular weight is 472 g/mol.